The lowest BCUT2D eigenvalue weighted by Gasteiger charge is -2.53. The van der Waals surface area contributed by atoms with E-state index in [1.54, 1.807) is 18.4 Å². The Labute approximate surface area is 144 Å². The van der Waals surface area contributed by atoms with Gasteiger partial charge in [-0.15, -0.1) is 0 Å². The van der Waals surface area contributed by atoms with Gasteiger partial charge < -0.3 is 9.30 Å². The molecular weight excluding hydrogens is 296 g/mol. The summed E-state index contributed by atoms with van der Waals surface area (Å²) in [5.41, 5.74) is 4.61. The number of aryl methyl sites for hydroxylation is 1. The quantitative estimate of drug-likeness (QED) is 0.832. The van der Waals surface area contributed by atoms with E-state index in [2.05, 4.69) is 41.6 Å². The number of hydrogen-bond donors (Lipinski definition) is 0. The Balaban J connectivity index is 1.71. The molecule has 0 radical (unpaired) electrons. The third-order valence-electron chi connectivity index (χ3n) is 7.12. The molecule has 3 fully saturated rings. The molecule has 24 heavy (non-hydrogen) atoms. The topological polar surface area (TPSA) is 17.4 Å². The Morgan fingerprint density at radius 2 is 2.12 bits per heavy atom. The highest BCUT2D eigenvalue weighted by Gasteiger charge is 2.49. The summed E-state index contributed by atoms with van der Waals surface area (Å²) < 4.78 is 8.01. The van der Waals surface area contributed by atoms with Crippen LogP contribution in [-0.4, -0.2) is 35.7 Å². The predicted octanol–water partition coefficient (Wildman–Crippen LogP) is 3.95. The smallest absolute Gasteiger partial charge is 0.119 e. The average Bonchev–Trinajstić information content (AvgIpc) is 2.83. The molecule has 5 atom stereocenters. The summed E-state index contributed by atoms with van der Waals surface area (Å²) in [4.78, 5) is 2.84. The second-order valence-electron chi connectivity index (χ2n) is 8.15. The summed E-state index contributed by atoms with van der Waals surface area (Å²) >= 11 is 0. The third kappa shape index (κ3) is 1.88. The van der Waals surface area contributed by atoms with E-state index in [0.29, 0.717) is 0 Å². The summed E-state index contributed by atoms with van der Waals surface area (Å²) in [6.07, 6.45) is 5.38. The van der Waals surface area contributed by atoms with Crippen LogP contribution in [0.15, 0.2) is 18.2 Å². The van der Waals surface area contributed by atoms with Crippen molar-refractivity contribution < 1.29 is 4.74 Å². The van der Waals surface area contributed by atoms with Gasteiger partial charge in [0.2, 0.25) is 0 Å². The van der Waals surface area contributed by atoms with Crippen molar-refractivity contribution in [1.82, 2.24) is 9.47 Å². The van der Waals surface area contributed by atoms with Crippen molar-refractivity contribution in [3.8, 4) is 5.75 Å². The molecule has 4 aliphatic rings. The minimum atomic E-state index is 0.725. The van der Waals surface area contributed by atoms with Crippen LogP contribution < -0.4 is 4.74 Å². The Morgan fingerprint density at radius 1 is 1.25 bits per heavy atom. The number of ether oxygens (including phenoxy) is 1. The lowest BCUT2D eigenvalue weighted by atomic mass is 9.65. The maximum absolute atomic E-state index is 5.50. The number of nitrogens with zero attached hydrogens (tertiary/aromatic N) is 2. The van der Waals surface area contributed by atoms with Crippen LogP contribution in [0.2, 0.25) is 0 Å². The molecule has 3 nitrogen and oxygen atoms in total. The Morgan fingerprint density at radius 3 is 2.92 bits per heavy atom. The fourth-order valence-corrected chi connectivity index (χ4v) is 6.21. The van der Waals surface area contributed by atoms with Crippen LogP contribution in [0.5, 0.6) is 5.75 Å². The Hall–Kier alpha value is -1.48. The minimum Gasteiger partial charge on any atom is -0.497 e. The first-order valence-electron chi connectivity index (χ1n) is 9.60. The van der Waals surface area contributed by atoms with Crippen LogP contribution in [0.4, 0.5) is 0 Å². The largest absolute Gasteiger partial charge is 0.497 e. The van der Waals surface area contributed by atoms with E-state index in [-0.39, 0.29) is 0 Å². The van der Waals surface area contributed by atoms with Gasteiger partial charge in [0.15, 0.2) is 0 Å². The fraction of sp³-hybridized carbons (Fsp3) is 0.619. The van der Waals surface area contributed by atoms with Crippen molar-refractivity contribution in [3.05, 3.63) is 29.5 Å². The third-order valence-corrected chi connectivity index (χ3v) is 7.12. The van der Waals surface area contributed by atoms with Crippen molar-refractivity contribution in [2.75, 3.05) is 20.2 Å². The van der Waals surface area contributed by atoms with Crippen LogP contribution in [0.1, 0.15) is 43.4 Å². The van der Waals surface area contributed by atoms with Crippen LogP contribution in [0.25, 0.3) is 10.9 Å². The minimum absolute atomic E-state index is 0.725. The predicted molar refractivity (Wildman–Crippen MR) is 97.8 cm³/mol. The zero-order chi connectivity index (χ0) is 16.4. The maximum Gasteiger partial charge on any atom is 0.119 e. The van der Waals surface area contributed by atoms with Gasteiger partial charge in [0, 0.05) is 48.7 Å². The molecule has 2 aromatic rings. The van der Waals surface area contributed by atoms with E-state index in [9.17, 15) is 0 Å². The maximum atomic E-state index is 5.50. The van der Waals surface area contributed by atoms with Gasteiger partial charge in [-0.2, -0.15) is 0 Å². The van der Waals surface area contributed by atoms with Gasteiger partial charge in [0.05, 0.1) is 7.11 Å². The van der Waals surface area contributed by atoms with Gasteiger partial charge in [0.25, 0.3) is 0 Å². The van der Waals surface area contributed by atoms with E-state index in [1.165, 1.54) is 49.7 Å². The summed E-state index contributed by atoms with van der Waals surface area (Å²) in [5, 5.41) is 1.42. The molecule has 2 saturated heterocycles. The first kappa shape index (κ1) is 14.8. The Kier molecular flexibility index (Phi) is 3.25. The SMILES string of the molecule is CC[C@H]1C[C@@H]2C[C@@H]3c4c(c5cc(OC)ccc5n4C)CCN(C2)[C@H]13. The van der Waals surface area contributed by atoms with Crippen molar-refractivity contribution >= 4 is 10.9 Å². The number of methoxy groups -OCH3 is 1. The van der Waals surface area contributed by atoms with Gasteiger partial charge in [-0.3, -0.25) is 4.90 Å². The van der Waals surface area contributed by atoms with Crippen LogP contribution in [0.3, 0.4) is 0 Å². The second kappa shape index (κ2) is 5.26. The zero-order valence-electron chi connectivity index (χ0n) is 15.1. The fourth-order valence-electron chi connectivity index (χ4n) is 6.21. The lowest BCUT2D eigenvalue weighted by molar-refractivity contribution is -0.0140. The molecule has 1 aromatic carbocycles. The average molecular weight is 324 g/mol. The number of fused-ring (bicyclic) bond motifs is 4. The van der Waals surface area contributed by atoms with E-state index < -0.39 is 0 Å². The second-order valence-corrected chi connectivity index (χ2v) is 8.15. The first-order chi connectivity index (χ1) is 11.7. The monoisotopic (exact) mass is 324 g/mol. The molecule has 0 N–H and O–H groups in total. The normalized spacial score (nSPS) is 34.2. The number of aromatic nitrogens is 1. The number of piperidine rings is 2. The summed E-state index contributed by atoms with van der Waals surface area (Å²) in [5.74, 6) is 3.50. The summed E-state index contributed by atoms with van der Waals surface area (Å²) in [6, 6.07) is 7.38. The zero-order valence-corrected chi connectivity index (χ0v) is 15.1. The highest BCUT2D eigenvalue weighted by molar-refractivity contribution is 5.87. The molecule has 6 rings (SSSR count). The van der Waals surface area contributed by atoms with Crippen LogP contribution >= 0.6 is 0 Å². The van der Waals surface area contributed by atoms with Crippen molar-refractivity contribution in [2.45, 2.75) is 44.6 Å². The highest BCUT2D eigenvalue weighted by atomic mass is 16.5. The molecule has 0 spiro atoms. The van der Waals surface area contributed by atoms with Crippen molar-refractivity contribution in [1.29, 1.82) is 0 Å². The molecule has 128 valence electrons. The number of benzene rings is 1. The van der Waals surface area contributed by atoms with Crippen LogP contribution in [0, 0.1) is 11.8 Å². The molecule has 1 aromatic heterocycles. The standard InChI is InChI=1S/C21H28N2O/c1-4-14-9-13-10-18-20(14)23(12-13)8-7-16-17-11-15(24-3)5-6-19(17)22(2)21(16)18/h5-6,11,13-14,18,20H,4,7-10,12H2,1-3H3/t13-,14+,18+,20-/m1/s1. The van der Waals surface area contributed by atoms with Gasteiger partial charge in [0.1, 0.15) is 5.75 Å². The molecule has 1 unspecified atom stereocenters. The van der Waals surface area contributed by atoms with Gasteiger partial charge in [-0.05, 0) is 54.9 Å². The molecule has 4 bridgehead atoms. The van der Waals surface area contributed by atoms with Crippen molar-refractivity contribution in [2.24, 2.45) is 18.9 Å². The molecule has 1 aliphatic carbocycles. The van der Waals surface area contributed by atoms with Gasteiger partial charge in [-0.1, -0.05) is 13.3 Å². The molecule has 3 heteroatoms. The van der Waals surface area contributed by atoms with Crippen molar-refractivity contribution in [3.63, 3.8) is 0 Å². The Bertz CT molecular complexity index is 793. The van der Waals surface area contributed by atoms with Crippen LogP contribution in [-0.2, 0) is 13.5 Å². The first-order valence-corrected chi connectivity index (χ1v) is 9.60. The van der Waals surface area contributed by atoms with Gasteiger partial charge in [-0.25, -0.2) is 0 Å². The number of hydrogen-bond acceptors (Lipinski definition) is 2. The van der Waals surface area contributed by atoms with E-state index in [4.69, 9.17) is 4.74 Å². The summed E-state index contributed by atoms with van der Waals surface area (Å²) in [6.45, 7) is 4.97. The molecular formula is C21H28N2O. The highest BCUT2D eigenvalue weighted by Crippen LogP contribution is 2.51. The lowest BCUT2D eigenvalue weighted by Crippen LogP contribution is -2.56. The number of rotatable bonds is 2. The molecule has 0 amide bonds. The van der Waals surface area contributed by atoms with Gasteiger partial charge >= 0.3 is 0 Å². The van der Waals surface area contributed by atoms with E-state index >= 15 is 0 Å². The summed E-state index contributed by atoms with van der Waals surface area (Å²) in [7, 11) is 4.05. The molecule has 3 aliphatic heterocycles. The van der Waals surface area contributed by atoms with E-state index in [0.717, 1.165) is 29.5 Å². The van der Waals surface area contributed by atoms with E-state index in [1.807, 2.05) is 0 Å². The molecule has 4 heterocycles. The molecule has 1 saturated carbocycles.